The highest BCUT2D eigenvalue weighted by Crippen LogP contribution is 2.35. The smallest absolute Gasteiger partial charge is 0.255 e. The van der Waals surface area contributed by atoms with Gasteiger partial charge in [0.2, 0.25) is 0 Å². The summed E-state index contributed by atoms with van der Waals surface area (Å²) in [5.74, 6) is 0.740. The molecule has 4 nitrogen and oxygen atoms in total. The monoisotopic (exact) mass is 234 g/mol. The van der Waals surface area contributed by atoms with Gasteiger partial charge in [-0.2, -0.15) is 0 Å². The average Bonchev–Trinajstić information content (AvgIpc) is 2.35. The van der Waals surface area contributed by atoms with Crippen LogP contribution in [0, 0.1) is 0 Å². The minimum atomic E-state index is -0.450. The van der Waals surface area contributed by atoms with Crippen molar-refractivity contribution in [2.24, 2.45) is 11.5 Å². The maximum Gasteiger partial charge on any atom is 0.255 e. The number of rotatable bonds is 4. The molecule has 0 radical (unpaired) electrons. The Morgan fingerprint density at radius 3 is 3.00 bits per heavy atom. The van der Waals surface area contributed by atoms with Crippen molar-refractivity contribution in [3.8, 4) is 5.75 Å². The number of carbonyl (C=O) groups excluding carboxylic acids is 1. The number of benzene rings is 1. The quantitative estimate of drug-likeness (QED) is 0.813. The Labute approximate surface area is 101 Å². The zero-order valence-corrected chi connectivity index (χ0v) is 9.82. The lowest BCUT2D eigenvalue weighted by Crippen LogP contribution is -2.22. The number of ether oxygens (including phenoxy) is 1. The normalized spacial score (nSPS) is 18.5. The Morgan fingerprint density at radius 2 is 2.29 bits per heavy atom. The highest BCUT2D eigenvalue weighted by Gasteiger charge is 2.21. The van der Waals surface area contributed by atoms with E-state index in [0.717, 1.165) is 25.0 Å². The first-order chi connectivity index (χ1) is 8.22. The molecule has 1 aromatic rings. The van der Waals surface area contributed by atoms with E-state index in [1.54, 1.807) is 0 Å². The van der Waals surface area contributed by atoms with Gasteiger partial charge in [-0.25, -0.2) is 0 Å². The van der Waals surface area contributed by atoms with Crippen molar-refractivity contribution in [3.63, 3.8) is 0 Å². The molecule has 1 aromatic carbocycles. The third-order valence-electron chi connectivity index (χ3n) is 3.24. The minimum Gasteiger partial charge on any atom is -0.483 e. The van der Waals surface area contributed by atoms with Crippen LogP contribution in [0.4, 0.5) is 0 Å². The van der Waals surface area contributed by atoms with Crippen LogP contribution < -0.4 is 16.2 Å². The van der Waals surface area contributed by atoms with Crippen LogP contribution in [0.15, 0.2) is 18.2 Å². The summed E-state index contributed by atoms with van der Waals surface area (Å²) in [6.45, 7) is 0.593. The molecule has 17 heavy (non-hydrogen) atoms. The van der Waals surface area contributed by atoms with Gasteiger partial charge in [0.15, 0.2) is 6.61 Å². The molecule has 4 heteroatoms. The zero-order chi connectivity index (χ0) is 12.3. The first-order valence-electron chi connectivity index (χ1n) is 5.95. The van der Waals surface area contributed by atoms with Crippen molar-refractivity contribution in [1.82, 2.24) is 0 Å². The van der Waals surface area contributed by atoms with E-state index in [2.05, 4.69) is 6.07 Å². The Hall–Kier alpha value is -1.55. The molecule has 2 rings (SSSR count). The summed E-state index contributed by atoms with van der Waals surface area (Å²) in [6, 6.07) is 5.94. The van der Waals surface area contributed by atoms with Gasteiger partial charge in [-0.3, -0.25) is 4.79 Å². The lowest BCUT2D eigenvalue weighted by atomic mass is 9.82. The molecule has 0 spiro atoms. The molecule has 1 aliphatic rings. The van der Waals surface area contributed by atoms with Crippen LogP contribution in [0.5, 0.6) is 5.75 Å². The van der Waals surface area contributed by atoms with Gasteiger partial charge in [0.25, 0.3) is 5.91 Å². The second-order valence-corrected chi connectivity index (χ2v) is 4.40. The molecule has 1 atom stereocenters. The molecule has 0 saturated carbocycles. The fraction of sp³-hybridized carbons (Fsp3) is 0.462. The first-order valence-corrected chi connectivity index (χ1v) is 5.95. The maximum absolute atomic E-state index is 10.7. The lowest BCUT2D eigenvalue weighted by Gasteiger charge is -2.26. The molecule has 92 valence electrons. The standard InChI is InChI=1S/C13H18N2O2/c14-7-9-3-1-5-11-10(9)4-2-6-12(11)17-8-13(15)16/h2,4,6,9H,1,3,5,7-8,14H2,(H2,15,16). The van der Waals surface area contributed by atoms with Crippen molar-refractivity contribution in [1.29, 1.82) is 0 Å². The molecule has 0 bridgehead atoms. The van der Waals surface area contributed by atoms with Gasteiger partial charge in [-0.15, -0.1) is 0 Å². The lowest BCUT2D eigenvalue weighted by molar-refractivity contribution is -0.119. The van der Waals surface area contributed by atoms with Crippen molar-refractivity contribution in [2.75, 3.05) is 13.2 Å². The SMILES string of the molecule is NCC1CCCc2c(OCC(N)=O)cccc21. The Morgan fingerprint density at radius 1 is 1.47 bits per heavy atom. The molecular weight excluding hydrogens is 216 g/mol. The molecule has 4 N–H and O–H groups in total. The summed E-state index contributed by atoms with van der Waals surface area (Å²) in [7, 11) is 0. The van der Waals surface area contributed by atoms with E-state index in [-0.39, 0.29) is 6.61 Å². The number of hydrogen-bond acceptors (Lipinski definition) is 3. The number of amides is 1. The Kier molecular flexibility index (Phi) is 3.64. The summed E-state index contributed by atoms with van der Waals surface area (Å²) in [6.07, 6.45) is 3.23. The predicted molar refractivity (Wildman–Crippen MR) is 65.9 cm³/mol. The van der Waals surface area contributed by atoms with Crippen LogP contribution in [0.25, 0.3) is 0 Å². The van der Waals surface area contributed by atoms with Gasteiger partial charge in [0.05, 0.1) is 0 Å². The third-order valence-corrected chi connectivity index (χ3v) is 3.24. The summed E-state index contributed by atoms with van der Waals surface area (Å²) in [4.78, 5) is 10.7. The van der Waals surface area contributed by atoms with Gasteiger partial charge in [-0.05, 0) is 48.9 Å². The highest BCUT2D eigenvalue weighted by atomic mass is 16.5. The van der Waals surface area contributed by atoms with Crippen LogP contribution >= 0.6 is 0 Å². The van der Waals surface area contributed by atoms with Gasteiger partial charge in [0, 0.05) is 0 Å². The van der Waals surface area contributed by atoms with Crippen molar-refractivity contribution < 1.29 is 9.53 Å². The second kappa shape index (κ2) is 5.19. The van der Waals surface area contributed by atoms with Gasteiger partial charge < -0.3 is 16.2 Å². The molecule has 0 saturated heterocycles. The van der Waals surface area contributed by atoms with E-state index in [0.29, 0.717) is 12.5 Å². The van der Waals surface area contributed by atoms with Crippen LogP contribution in [-0.2, 0) is 11.2 Å². The van der Waals surface area contributed by atoms with Crippen molar-refractivity contribution in [2.45, 2.75) is 25.2 Å². The summed E-state index contributed by atoms with van der Waals surface area (Å²) in [5.41, 5.74) is 13.3. The summed E-state index contributed by atoms with van der Waals surface area (Å²) >= 11 is 0. The van der Waals surface area contributed by atoms with E-state index >= 15 is 0 Å². The minimum absolute atomic E-state index is 0.0657. The number of carbonyl (C=O) groups is 1. The second-order valence-electron chi connectivity index (χ2n) is 4.40. The molecule has 0 aromatic heterocycles. The van der Waals surface area contributed by atoms with Crippen LogP contribution in [-0.4, -0.2) is 19.1 Å². The van der Waals surface area contributed by atoms with Crippen LogP contribution in [0.2, 0.25) is 0 Å². The fourth-order valence-electron chi connectivity index (χ4n) is 2.44. The van der Waals surface area contributed by atoms with Gasteiger partial charge in [-0.1, -0.05) is 12.1 Å². The molecule has 0 heterocycles. The van der Waals surface area contributed by atoms with Crippen molar-refractivity contribution in [3.05, 3.63) is 29.3 Å². The number of primary amides is 1. The van der Waals surface area contributed by atoms with Crippen LogP contribution in [0.3, 0.4) is 0 Å². The number of nitrogens with two attached hydrogens (primary N) is 2. The van der Waals surface area contributed by atoms with E-state index in [9.17, 15) is 4.79 Å². The van der Waals surface area contributed by atoms with Crippen molar-refractivity contribution >= 4 is 5.91 Å². The average molecular weight is 234 g/mol. The highest BCUT2D eigenvalue weighted by molar-refractivity contribution is 5.75. The number of hydrogen-bond donors (Lipinski definition) is 2. The molecule has 1 aliphatic carbocycles. The van der Waals surface area contributed by atoms with E-state index < -0.39 is 5.91 Å². The Bertz CT molecular complexity index is 418. The van der Waals surface area contributed by atoms with Crippen LogP contribution in [0.1, 0.15) is 29.9 Å². The fourth-order valence-corrected chi connectivity index (χ4v) is 2.44. The zero-order valence-electron chi connectivity index (χ0n) is 9.82. The molecule has 0 fully saturated rings. The predicted octanol–water partition coefficient (Wildman–Crippen LogP) is 0.929. The van der Waals surface area contributed by atoms with E-state index in [1.165, 1.54) is 11.1 Å². The molecule has 1 unspecified atom stereocenters. The van der Waals surface area contributed by atoms with E-state index in [4.69, 9.17) is 16.2 Å². The molecule has 0 aliphatic heterocycles. The summed E-state index contributed by atoms with van der Waals surface area (Å²) < 4.78 is 5.44. The first kappa shape index (κ1) is 11.9. The third kappa shape index (κ3) is 2.58. The number of fused-ring (bicyclic) bond motifs is 1. The van der Waals surface area contributed by atoms with E-state index in [1.807, 2.05) is 12.1 Å². The van der Waals surface area contributed by atoms with Gasteiger partial charge >= 0.3 is 0 Å². The largest absolute Gasteiger partial charge is 0.483 e. The summed E-state index contributed by atoms with van der Waals surface area (Å²) in [5, 5.41) is 0. The maximum atomic E-state index is 10.7. The topological polar surface area (TPSA) is 78.3 Å². The van der Waals surface area contributed by atoms with Gasteiger partial charge in [0.1, 0.15) is 5.75 Å². The Balaban J connectivity index is 2.26. The molecule has 1 amide bonds. The molecular formula is C13H18N2O2.